The van der Waals surface area contributed by atoms with Gasteiger partial charge in [-0.2, -0.15) is 0 Å². The zero-order chi connectivity index (χ0) is 26.5. The molecular weight excluding hydrogens is 476 g/mol. The molecule has 2 rings (SSSR count). The highest BCUT2D eigenvalue weighted by Gasteiger charge is 2.08. The summed E-state index contributed by atoms with van der Waals surface area (Å²) in [5, 5.41) is 26.5. The molecule has 1 aromatic rings. The average molecular weight is 517 g/mol. The zero-order valence-electron chi connectivity index (χ0n) is 20.9. The van der Waals surface area contributed by atoms with Crippen molar-refractivity contribution >= 4 is 29.6 Å². The second-order valence-corrected chi connectivity index (χ2v) is 8.63. The molecule has 1 aromatic carbocycles. The molecule has 0 atom stereocenters. The molecule has 0 saturated heterocycles. The second kappa shape index (κ2) is 20.8. The van der Waals surface area contributed by atoms with Crippen LogP contribution in [-0.4, -0.2) is 71.5 Å². The minimum absolute atomic E-state index is 0.513. The number of halogens is 1. The van der Waals surface area contributed by atoms with E-state index in [2.05, 4.69) is 17.1 Å². The van der Waals surface area contributed by atoms with Crippen LogP contribution in [0.15, 0.2) is 18.2 Å². The third-order valence-corrected chi connectivity index (χ3v) is 5.71. The molecule has 1 saturated carbocycles. The molecule has 10 heteroatoms. The quantitative estimate of drug-likeness (QED) is 0.234. The van der Waals surface area contributed by atoms with Crippen molar-refractivity contribution in [3.63, 3.8) is 0 Å². The minimum Gasteiger partial charge on any atom is -0.497 e. The number of benzene rings is 1. The van der Waals surface area contributed by atoms with Crippen molar-refractivity contribution in [1.29, 1.82) is 0 Å². The van der Waals surface area contributed by atoms with Crippen molar-refractivity contribution in [3.05, 3.63) is 28.8 Å². The maximum Gasteiger partial charge on any atom is 0.414 e. The molecule has 0 heterocycles. The van der Waals surface area contributed by atoms with Crippen LogP contribution in [0.1, 0.15) is 70.3 Å². The van der Waals surface area contributed by atoms with Gasteiger partial charge in [0.2, 0.25) is 0 Å². The summed E-state index contributed by atoms with van der Waals surface area (Å²) in [7, 11) is 1.63. The molecule has 1 aliphatic rings. The second-order valence-electron chi connectivity index (χ2n) is 8.22. The lowest BCUT2D eigenvalue weighted by Gasteiger charge is -2.22. The monoisotopic (exact) mass is 516 g/mol. The van der Waals surface area contributed by atoms with Crippen molar-refractivity contribution in [2.45, 2.75) is 71.1 Å². The van der Waals surface area contributed by atoms with Gasteiger partial charge < -0.3 is 30.3 Å². The molecule has 0 spiro atoms. The first kappa shape index (κ1) is 32.5. The number of hydrogen-bond donors (Lipinski definition) is 4. The van der Waals surface area contributed by atoms with E-state index in [9.17, 15) is 4.79 Å². The van der Waals surface area contributed by atoms with Crippen LogP contribution in [-0.2, 0) is 16.0 Å². The van der Waals surface area contributed by atoms with Gasteiger partial charge in [0, 0.05) is 18.1 Å². The van der Waals surface area contributed by atoms with Crippen LogP contribution in [0.25, 0.3) is 0 Å². The van der Waals surface area contributed by atoms with Gasteiger partial charge in [0.05, 0.1) is 7.11 Å². The van der Waals surface area contributed by atoms with Gasteiger partial charge >= 0.3 is 18.0 Å². The molecule has 0 unspecified atom stereocenters. The Morgan fingerprint density at radius 1 is 0.943 bits per heavy atom. The normalized spacial score (nSPS) is 12.5. The Labute approximate surface area is 213 Å². The molecule has 35 heavy (non-hydrogen) atoms. The Bertz CT molecular complexity index is 719. The zero-order valence-corrected chi connectivity index (χ0v) is 21.7. The van der Waals surface area contributed by atoms with Crippen molar-refractivity contribution in [1.82, 2.24) is 10.2 Å². The van der Waals surface area contributed by atoms with E-state index >= 15 is 0 Å². The Kier molecular flexibility index (Phi) is 19.3. The third kappa shape index (κ3) is 18.5. The van der Waals surface area contributed by atoms with Gasteiger partial charge in [0.15, 0.2) is 0 Å². The Hall–Kier alpha value is -2.52. The van der Waals surface area contributed by atoms with Gasteiger partial charge in [-0.1, -0.05) is 63.1 Å². The number of methoxy groups -OCH3 is 1. The summed E-state index contributed by atoms with van der Waals surface area (Å²) < 4.78 is 5.16. The molecule has 0 radical (unpaired) electrons. The smallest absolute Gasteiger partial charge is 0.414 e. The number of rotatable bonds is 11. The lowest BCUT2D eigenvalue weighted by molar-refractivity contribution is -0.159. The number of carboxylic acids is 2. The highest BCUT2D eigenvalue weighted by molar-refractivity contribution is 6.31. The molecule has 0 bridgehead atoms. The lowest BCUT2D eigenvalue weighted by Crippen LogP contribution is -2.29. The molecule has 1 aliphatic carbocycles. The molecule has 0 aromatic heterocycles. The number of aliphatic carboxylic acids is 2. The number of hydrogen-bond acceptors (Lipinski definition) is 5. The first-order valence-corrected chi connectivity index (χ1v) is 12.6. The SMILES string of the molecule is C1CCCCC1.CCCN(CCCCNC(=O)O)CCc1ccc(OC)cc1Cl.O=C(O)C(=O)O. The van der Waals surface area contributed by atoms with Gasteiger partial charge in [-0.05, 0) is 56.5 Å². The molecule has 4 N–H and O–H groups in total. The van der Waals surface area contributed by atoms with Crippen molar-refractivity contribution < 1.29 is 34.4 Å². The van der Waals surface area contributed by atoms with Gasteiger partial charge in [-0.3, -0.25) is 0 Å². The highest BCUT2D eigenvalue weighted by atomic mass is 35.5. The Morgan fingerprint density at radius 3 is 1.94 bits per heavy atom. The van der Waals surface area contributed by atoms with E-state index in [-0.39, 0.29) is 0 Å². The summed E-state index contributed by atoms with van der Waals surface area (Å²) in [6.45, 7) is 5.65. The van der Waals surface area contributed by atoms with E-state index in [1.807, 2.05) is 18.2 Å². The number of amides is 1. The van der Waals surface area contributed by atoms with E-state index in [1.54, 1.807) is 7.11 Å². The van der Waals surface area contributed by atoms with Crippen LogP contribution in [0.3, 0.4) is 0 Å². The predicted octanol–water partition coefficient (Wildman–Crippen LogP) is 5.15. The molecule has 1 fully saturated rings. The maximum atomic E-state index is 10.4. The van der Waals surface area contributed by atoms with Crippen LogP contribution in [0, 0.1) is 0 Å². The molecule has 9 nitrogen and oxygen atoms in total. The molecular formula is C25H41ClN2O7. The van der Waals surface area contributed by atoms with Crippen LogP contribution >= 0.6 is 11.6 Å². The first-order chi connectivity index (χ1) is 16.7. The highest BCUT2D eigenvalue weighted by Crippen LogP contribution is 2.23. The number of nitrogens with one attached hydrogen (secondary N) is 1. The van der Waals surface area contributed by atoms with Gasteiger partial charge in [-0.15, -0.1) is 0 Å². The molecule has 1 amide bonds. The summed E-state index contributed by atoms with van der Waals surface area (Å²) in [6.07, 6.45) is 11.9. The van der Waals surface area contributed by atoms with Gasteiger partial charge in [0.25, 0.3) is 0 Å². The minimum atomic E-state index is -1.82. The van der Waals surface area contributed by atoms with Crippen LogP contribution in [0.5, 0.6) is 5.75 Å². The van der Waals surface area contributed by atoms with Crippen LogP contribution < -0.4 is 10.1 Å². The fourth-order valence-corrected chi connectivity index (χ4v) is 3.77. The van der Waals surface area contributed by atoms with E-state index in [0.717, 1.165) is 61.7 Å². The number of nitrogens with zero attached hydrogens (tertiary/aromatic N) is 1. The summed E-state index contributed by atoms with van der Waals surface area (Å²) in [5.74, 6) is -2.87. The standard InChI is InChI=1S/C17H27ClN2O3.C6H12.C2H2O4/c1-3-10-20(11-5-4-9-19-17(21)22)12-8-14-6-7-15(23-2)13-16(14)18;1-2-4-6-5-3-1;3-1(4)2(5)6/h6-7,13,19H,3-5,8-12H2,1-2H3,(H,21,22);1-6H2;(H,3,4)(H,5,6). The van der Waals surface area contributed by atoms with E-state index in [0.29, 0.717) is 6.54 Å². The number of ether oxygens (including phenoxy) is 1. The number of unbranched alkanes of at least 4 members (excludes halogenated alkanes) is 1. The largest absolute Gasteiger partial charge is 0.497 e. The number of carbonyl (C=O) groups is 3. The summed E-state index contributed by atoms with van der Waals surface area (Å²) in [5.41, 5.74) is 1.13. The van der Waals surface area contributed by atoms with Crippen LogP contribution in [0.4, 0.5) is 4.79 Å². The maximum absolute atomic E-state index is 10.4. The Morgan fingerprint density at radius 2 is 1.51 bits per heavy atom. The van der Waals surface area contributed by atoms with E-state index in [1.165, 1.54) is 38.5 Å². The predicted molar refractivity (Wildman–Crippen MR) is 137 cm³/mol. The third-order valence-electron chi connectivity index (χ3n) is 5.36. The van der Waals surface area contributed by atoms with Crippen molar-refractivity contribution in [2.75, 3.05) is 33.3 Å². The average Bonchev–Trinajstić information content (AvgIpc) is 2.84. The number of carboxylic acid groups (broad SMARTS) is 3. The fourth-order valence-electron chi connectivity index (χ4n) is 3.50. The van der Waals surface area contributed by atoms with E-state index < -0.39 is 18.0 Å². The fraction of sp³-hybridized carbons (Fsp3) is 0.640. The summed E-state index contributed by atoms with van der Waals surface area (Å²) in [6, 6.07) is 5.80. The first-order valence-electron chi connectivity index (χ1n) is 12.2. The van der Waals surface area contributed by atoms with Crippen LogP contribution in [0.2, 0.25) is 5.02 Å². The summed E-state index contributed by atoms with van der Waals surface area (Å²) in [4.78, 5) is 31.0. The van der Waals surface area contributed by atoms with Gasteiger partial charge in [0.1, 0.15) is 5.75 Å². The molecule has 200 valence electrons. The Balaban J connectivity index is 0.000000781. The van der Waals surface area contributed by atoms with E-state index in [4.69, 9.17) is 41.2 Å². The van der Waals surface area contributed by atoms with Gasteiger partial charge in [-0.25, -0.2) is 14.4 Å². The van der Waals surface area contributed by atoms with Crippen molar-refractivity contribution in [3.8, 4) is 5.75 Å². The lowest BCUT2D eigenvalue weighted by atomic mass is 10.0. The molecule has 0 aliphatic heterocycles. The summed E-state index contributed by atoms with van der Waals surface area (Å²) >= 11 is 6.28. The topological polar surface area (TPSA) is 136 Å². The van der Waals surface area contributed by atoms with Crippen molar-refractivity contribution in [2.24, 2.45) is 0 Å².